The number of hydrazone groups is 1. The van der Waals surface area contributed by atoms with Crippen molar-refractivity contribution in [3.8, 4) is 0 Å². The molecule has 102 valence electrons. The zero-order chi connectivity index (χ0) is 14.0. The number of urea groups is 1. The van der Waals surface area contributed by atoms with Crippen molar-refractivity contribution in [2.75, 3.05) is 12.0 Å². The van der Waals surface area contributed by atoms with Crippen LogP contribution in [0.1, 0.15) is 33.3 Å². The van der Waals surface area contributed by atoms with Crippen LogP contribution in [0.5, 0.6) is 0 Å². The highest BCUT2D eigenvalue weighted by molar-refractivity contribution is 5.92. The third kappa shape index (κ3) is 3.24. The van der Waals surface area contributed by atoms with Crippen molar-refractivity contribution >= 4 is 17.4 Å². The molecule has 0 aromatic heterocycles. The van der Waals surface area contributed by atoms with Crippen LogP contribution in [0.25, 0.3) is 0 Å². The number of hydrogen-bond donors (Lipinski definition) is 2. The van der Waals surface area contributed by atoms with E-state index in [1.54, 1.807) is 0 Å². The quantitative estimate of drug-likeness (QED) is 0.859. The van der Waals surface area contributed by atoms with E-state index in [9.17, 15) is 4.79 Å². The predicted octanol–water partition coefficient (Wildman–Crippen LogP) is 2.71. The number of hydrogen-bond acceptors (Lipinski definition) is 3. The molecule has 0 unspecified atom stereocenters. The van der Waals surface area contributed by atoms with Gasteiger partial charge in [-0.15, -0.1) is 0 Å². The van der Waals surface area contributed by atoms with Crippen molar-refractivity contribution in [3.05, 3.63) is 29.8 Å². The Morgan fingerprint density at radius 1 is 1.26 bits per heavy atom. The maximum atomic E-state index is 11.6. The lowest BCUT2D eigenvalue weighted by molar-refractivity contribution is 0.211. The average molecular weight is 260 g/mol. The van der Waals surface area contributed by atoms with Gasteiger partial charge in [0.15, 0.2) is 0 Å². The predicted molar refractivity (Wildman–Crippen MR) is 77.1 cm³/mol. The third-order valence-corrected chi connectivity index (χ3v) is 2.99. The van der Waals surface area contributed by atoms with Crippen LogP contribution in [0.15, 0.2) is 29.4 Å². The second kappa shape index (κ2) is 4.91. The molecule has 1 heterocycles. The van der Waals surface area contributed by atoms with Crippen LogP contribution in [0, 0.1) is 0 Å². The molecule has 0 saturated heterocycles. The minimum atomic E-state index is -0.245. The largest absolute Gasteiger partial charge is 0.356 e. The van der Waals surface area contributed by atoms with Gasteiger partial charge < -0.3 is 0 Å². The van der Waals surface area contributed by atoms with Gasteiger partial charge in [0.1, 0.15) is 0 Å². The number of hydrazine groups is 1. The van der Waals surface area contributed by atoms with Crippen LogP contribution in [0.3, 0.4) is 0 Å². The molecule has 0 saturated carbocycles. The van der Waals surface area contributed by atoms with E-state index in [0.717, 1.165) is 11.4 Å². The van der Waals surface area contributed by atoms with Crippen molar-refractivity contribution in [1.29, 1.82) is 0 Å². The zero-order valence-corrected chi connectivity index (χ0v) is 11.8. The summed E-state index contributed by atoms with van der Waals surface area (Å²) in [6.07, 6.45) is 0. The molecule has 19 heavy (non-hydrogen) atoms. The Balaban J connectivity index is 2.08. The molecule has 0 fully saturated rings. The van der Waals surface area contributed by atoms with Crippen molar-refractivity contribution in [1.82, 2.24) is 10.4 Å². The smallest absolute Gasteiger partial charge is 0.294 e. The standard InChI is InChI=1S/C14H20N4O/c1-10-9-18(13(19)16-15-10)17-12-7-5-11(6-8-12)14(2,3)4/h5-8,17H,9H2,1-4H3,(H,16,19). The van der Waals surface area contributed by atoms with Gasteiger partial charge in [-0.25, -0.2) is 15.2 Å². The fourth-order valence-corrected chi connectivity index (χ4v) is 1.83. The first-order valence-electron chi connectivity index (χ1n) is 6.34. The van der Waals surface area contributed by atoms with Crippen molar-refractivity contribution in [3.63, 3.8) is 0 Å². The van der Waals surface area contributed by atoms with E-state index in [0.29, 0.717) is 6.54 Å². The SMILES string of the molecule is CC1=NNC(=O)N(Nc2ccc(C(C)(C)C)cc2)C1. The number of carbonyl (C=O) groups is 1. The van der Waals surface area contributed by atoms with Crippen molar-refractivity contribution in [2.45, 2.75) is 33.1 Å². The van der Waals surface area contributed by atoms with E-state index in [-0.39, 0.29) is 11.4 Å². The van der Waals surface area contributed by atoms with E-state index in [2.05, 4.69) is 48.9 Å². The number of benzene rings is 1. The molecular formula is C14H20N4O. The Morgan fingerprint density at radius 2 is 1.89 bits per heavy atom. The summed E-state index contributed by atoms with van der Waals surface area (Å²) in [5.41, 5.74) is 8.67. The second-order valence-electron chi connectivity index (χ2n) is 5.79. The van der Waals surface area contributed by atoms with E-state index in [1.165, 1.54) is 10.6 Å². The summed E-state index contributed by atoms with van der Waals surface area (Å²) in [6.45, 7) is 8.87. The highest BCUT2D eigenvalue weighted by Crippen LogP contribution is 2.23. The maximum absolute atomic E-state index is 11.6. The van der Waals surface area contributed by atoms with E-state index < -0.39 is 0 Å². The monoisotopic (exact) mass is 260 g/mol. The summed E-state index contributed by atoms with van der Waals surface area (Å²) in [5.74, 6) is 0. The van der Waals surface area contributed by atoms with Gasteiger partial charge in [0.05, 0.1) is 17.9 Å². The fraction of sp³-hybridized carbons (Fsp3) is 0.429. The Bertz CT molecular complexity index is 499. The van der Waals surface area contributed by atoms with Gasteiger partial charge in [0, 0.05) is 0 Å². The van der Waals surface area contributed by atoms with E-state index >= 15 is 0 Å². The van der Waals surface area contributed by atoms with Crippen LogP contribution in [0.2, 0.25) is 0 Å². The van der Waals surface area contributed by atoms with E-state index in [4.69, 9.17) is 0 Å². The van der Waals surface area contributed by atoms with Gasteiger partial charge in [-0.1, -0.05) is 32.9 Å². The molecule has 2 amide bonds. The Morgan fingerprint density at radius 3 is 2.47 bits per heavy atom. The molecule has 1 aliphatic rings. The van der Waals surface area contributed by atoms with Crippen LogP contribution in [-0.4, -0.2) is 23.3 Å². The van der Waals surface area contributed by atoms with Crippen LogP contribution in [0.4, 0.5) is 10.5 Å². The lowest BCUT2D eigenvalue weighted by Crippen LogP contribution is -2.48. The number of amides is 2. The first-order valence-corrected chi connectivity index (χ1v) is 6.34. The highest BCUT2D eigenvalue weighted by atomic mass is 16.2. The molecule has 2 rings (SSSR count). The van der Waals surface area contributed by atoms with E-state index in [1.807, 2.05) is 19.1 Å². The first-order chi connectivity index (χ1) is 8.86. The van der Waals surface area contributed by atoms with Crippen LogP contribution < -0.4 is 10.9 Å². The van der Waals surface area contributed by atoms with Gasteiger partial charge in [-0.2, -0.15) is 5.10 Å². The molecule has 0 bridgehead atoms. The molecule has 0 atom stereocenters. The topological polar surface area (TPSA) is 56.7 Å². The van der Waals surface area contributed by atoms with Crippen LogP contribution >= 0.6 is 0 Å². The summed E-state index contributed by atoms with van der Waals surface area (Å²) < 4.78 is 0. The summed E-state index contributed by atoms with van der Waals surface area (Å²) in [5, 5.41) is 5.39. The van der Waals surface area contributed by atoms with Gasteiger partial charge >= 0.3 is 6.03 Å². The molecule has 5 heteroatoms. The lowest BCUT2D eigenvalue weighted by Gasteiger charge is -2.27. The number of anilines is 1. The number of carbonyl (C=O) groups excluding carboxylic acids is 1. The Labute approximate surface area is 113 Å². The molecule has 2 N–H and O–H groups in total. The molecular weight excluding hydrogens is 240 g/mol. The molecule has 0 radical (unpaired) electrons. The highest BCUT2D eigenvalue weighted by Gasteiger charge is 2.19. The third-order valence-electron chi connectivity index (χ3n) is 2.99. The summed E-state index contributed by atoms with van der Waals surface area (Å²) in [7, 11) is 0. The van der Waals surface area contributed by atoms with Crippen LogP contribution in [-0.2, 0) is 5.41 Å². The fourth-order valence-electron chi connectivity index (χ4n) is 1.83. The van der Waals surface area contributed by atoms with Gasteiger partial charge in [-0.05, 0) is 30.0 Å². The molecule has 1 aliphatic heterocycles. The summed E-state index contributed by atoms with van der Waals surface area (Å²) in [4.78, 5) is 11.6. The molecule has 1 aromatic carbocycles. The normalized spacial score (nSPS) is 15.9. The zero-order valence-electron chi connectivity index (χ0n) is 11.8. The first kappa shape index (κ1) is 13.4. The minimum Gasteiger partial charge on any atom is -0.294 e. The van der Waals surface area contributed by atoms with Gasteiger partial charge in [0.25, 0.3) is 0 Å². The molecule has 0 spiro atoms. The Kier molecular flexibility index (Phi) is 3.46. The molecule has 1 aromatic rings. The average Bonchev–Trinajstić information content (AvgIpc) is 2.33. The van der Waals surface area contributed by atoms with Crippen molar-refractivity contribution in [2.24, 2.45) is 5.10 Å². The number of nitrogens with zero attached hydrogens (tertiary/aromatic N) is 2. The maximum Gasteiger partial charge on any atom is 0.356 e. The minimum absolute atomic E-state index is 0.129. The number of nitrogens with one attached hydrogen (secondary N) is 2. The number of rotatable bonds is 2. The Hall–Kier alpha value is -2.04. The second-order valence-corrected chi connectivity index (χ2v) is 5.79. The summed E-state index contributed by atoms with van der Waals surface area (Å²) >= 11 is 0. The van der Waals surface area contributed by atoms with Gasteiger partial charge in [0.2, 0.25) is 0 Å². The molecule has 5 nitrogen and oxygen atoms in total. The summed E-state index contributed by atoms with van der Waals surface area (Å²) in [6, 6.07) is 7.87. The lowest BCUT2D eigenvalue weighted by atomic mass is 9.87. The van der Waals surface area contributed by atoms with Gasteiger partial charge in [-0.3, -0.25) is 5.43 Å². The molecule has 0 aliphatic carbocycles. The van der Waals surface area contributed by atoms with Crippen molar-refractivity contribution < 1.29 is 4.79 Å².